The molecule has 2 aromatic rings. The molecule has 2 rings (SSSR count). The molecule has 0 fully saturated rings. The van der Waals surface area contributed by atoms with E-state index in [1.807, 2.05) is 0 Å². The molecule has 0 N–H and O–H groups in total. The molecule has 0 aromatic carbocycles. The summed E-state index contributed by atoms with van der Waals surface area (Å²) in [4.78, 5) is 32.4. The van der Waals surface area contributed by atoms with Gasteiger partial charge in [0.2, 0.25) is 0 Å². The molecule has 0 saturated heterocycles. The second-order valence-electron chi connectivity index (χ2n) is 9.88. The molecule has 0 spiro atoms. The van der Waals surface area contributed by atoms with Crippen molar-refractivity contribution in [2.24, 2.45) is 10.8 Å². The van der Waals surface area contributed by atoms with Gasteiger partial charge in [-0.15, -0.1) is 0 Å². The first-order valence-electron chi connectivity index (χ1n) is 12.5. The summed E-state index contributed by atoms with van der Waals surface area (Å²) in [5, 5.41) is 0. The van der Waals surface area contributed by atoms with Gasteiger partial charge in [0.05, 0.1) is 24.3 Å². The molecule has 2 heterocycles. The molecular weight excluding hydrogens is 428 g/mol. The Kier molecular flexibility index (Phi) is 11.2. The van der Waals surface area contributed by atoms with Crippen LogP contribution in [0, 0.1) is 10.8 Å². The molecule has 0 radical (unpaired) electrons. The fraction of sp³-hybridized carbons (Fsp3) is 0.571. The summed E-state index contributed by atoms with van der Waals surface area (Å²) in [6.07, 6.45) is 14.8. The molecule has 0 aliphatic heterocycles. The predicted octanol–water partition coefficient (Wildman–Crippen LogP) is 6.66. The minimum absolute atomic E-state index is 0.0176. The van der Waals surface area contributed by atoms with Crippen LogP contribution in [-0.2, 0) is 9.47 Å². The lowest BCUT2D eigenvalue weighted by molar-refractivity contribution is 0.0266. The van der Waals surface area contributed by atoms with Crippen LogP contribution < -0.4 is 0 Å². The molecule has 0 saturated carbocycles. The number of aromatic nitrogens is 2. The van der Waals surface area contributed by atoms with Gasteiger partial charge in [-0.3, -0.25) is 9.97 Å². The van der Waals surface area contributed by atoms with Crippen LogP contribution in [0.5, 0.6) is 0 Å². The van der Waals surface area contributed by atoms with Crippen LogP contribution in [0.4, 0.5) is 0 Å². The largest absolute Gasteiger partial charge is 0.461 e. The Labute approximate surface area is 204 Å². The maximum atomic E-state index is 12.2. The van der Waals surface area contributed by atoms with Gasteiger partial charge in [-0.25, -0.2) is 9.59 Å². The van der Waals surface area contributed by atoms with Crippen molar-refractivity contribution in [1.29, 1.82) is 0 Å². The highest BCUT2D eigenvalue weighted by atomic mass is 16.5. The third-order valence-electron chi connectivity index (χ3n) is 6.92. The minimum Gasteiger partial charge on any atom is -0.461 e. The van der Waals surface area contributed by atoms with E-state index in [1.54, 1.807) is 36.7 Å². The number of hydrogen-bond acceptors (Lipinski definition) is 6. The van der Waals surface area contributed by atoms with E-state index in [9.17, 15) is 9.59 Å². The summed E-state index contributed by atoms with van der Waals surface area (Å²) in [6, 6.07) is 6.93. The van der Waals surface area contributed by atoms with Gasteiger partial charge in [-0.2, -0.15) is 0 Å². The van der Waals surface area contributed by atoms with Crippen LogP contribution in [-0.4, -0.2) is 35.1 Å². The van der Waals surface area contributed by atoms with Crippen LogP contribution >= 0.6 is 0 Å². The lowest BCUT2D eigenvalue weighted by atomic mass is 9.81. The maximum absolute atomic E-state index is 12.2. The third-order valence-corrected chi connectivity index (χ3v) is 6.92. The Hall–Kier alpha value is -2.76. The van der Waals surface area contributed by atoms with Crippen LogP contribution in [0.15, 0.2) is 49.1 Å². The van der Waals surface area contributed by atoms with E-state index in [4.69, 9.17) is 9.47 Å². The minimum atomic E-state index is -0.309. The Morgan fingerprint density at radius 2 is 1.15 bits per heavy atom. The summed E-state index contributed by atoms with van der Waals surface area (Å²) < 4.78 is 11.2. The van der Waals surface area contributed by atoms with E-state index < -0.39 is 0 Å². The molecule has 2 atom stereocenters. The highest BCUT2D eigenvalue weighted by molar-refractivity contribution is 5.89. The number of nitrogens with zero attached hydrogens (tertiary/aromatic N) is 2. The second-order valence-corrected chi connectivity index (χ2v) is 9.88. The van der Waals surface area contributed by atoms with E-state index in [0.717, 1.165) is 51.4 Å². The number of rotatable bonds is 15. The van der Waals surface area contributed by atoms with E-state index in [0.29, 0.717) is 24.3 Å². The molecule has 0 aliphatic rings. The van der Waals surface area contributed by atoms with Gasteiger partial charge in [0, 0.05) is 35.6 Å². The average Bonchev–Trinajstić information content (AvgIpc) is 2.89. The first-order valence-corrected chi connectivity index (χ1v) is 12.5. The number of esters is 2. The highest BCUT2D eigenvalue weighted by Gasteiger charge is 2.26. The van der Waals surface area contributed by atoms with Crippen molar-refractivity contribution in [1.82, 2.24) is 9.97 Å². The number of carbonyl (C=O) groups excluding carboxylic acids is 2. The lowest BCUT2D eigenvalue weighted by Crippen LogP contribution is -2.25. The van der Waals surface area contributed by atoms with Crippen molar-refractivity contribution in [3.05, 3.63) is 60.2 Å². The zero-order chi connectivity index (χ0) is 24.9. The van der Waals surface area contributed by atoms with Crippen LogP contribution in [0.2, 0.25) is 0 Å². The molecular formula is C28H40N2O4. The number of pyridine rings is 2. The standard InChI is InChI=1S/C28H40N2O4/c1-5-27(3,21-33-25(31)23-13-11-17-29-19-23)15-9-7-8-10-16-28(4,6-2)22-34-26(32)24-14-12-18-30-20-24/h11-14,17-20H,5-10,15-16,21-22H2,1-4H3. The van der Waals surface area contributed by atoms with Gasteiger partial charge in [-0.05, 0) is 49.9 Å². The van der Waals surface area contributed by atoms with Crippen molar-refractivity contribution in [3.8, 4) is 0 Å². The summed E-state index contributed by atoms with van der Waals surface area (Å²) in [7, 11) is 0. The molecule has 0 amide bonds. The Balaban J connectivity index is 1.66. The molecule has 34 heavy (non-hydrogen) atoms. The summed E-state index contributed by atoms with van der Waals surface area (Å²) in [5.74, 6) is -0.619. The zero-order valence-corrected chi connectivity index (χ0v) is 21.2. The highest BCUT2D eigenvalue weighted by Crippen LogP contribution is 2.32. The Bertz CT molecular complexity index is 801. The van der Waals surface area contributed by atoms with Crippen molar-refractivity contribution in [2.75, 3.05) is 13.2 Å². The van der Waals surface area contributed by atoms with Gasteiger partial charge in [0.25, 0.3) is 0 Å². The number of hydrogen-bond donors (Lipinski definition) is 0. The summed E-state index contributed by atoms with van der Waals surface area (Å²) in [6.45, 7) is 9.53. The van der Waals surface area contributed by atoms with Gasteiger partial charge >= 0.3 is 11.9 Å². The third kappa shape index (κ3) is 9.24. The van der Waals surface area contributed by atoms with Crippen LogP contribution in [0.1, 0.15) is 99.8 Å². The maximum Gasteiger partial charge on any atom is 0.339 e. The fourth-order valence-corrected chi connectivity index (χ4v) is 3.77. The zero-order valence-electron chi connectivity index (χ0n) is 21.2. The molecule has 2 unspecified atom stereocenters. The Morgan fingerprint density at radius 3 is 1.47 bits per heavy atom. The molecule has 186 valence electrons. The average molecular weight is 469 g/mol. The predicted molar refractivity (Wildman–Crippen MR) is 134 cm³/mol. The van der Waals surface area contributed by atoms with E-state index in [1.165, 1.54) is 12.4 Å². The van der Waals surface area contributed by atoms with Gasteiger partial charge in [0.1, 0.15) is 0 Å². The van der Waals surface area contributed by atoms with Crippen molar-refractivity contribution in [3.63, 3.8) is 0 Å². The number of unbranched alkanes of at least 4 members (excludes halogenated alkanes) is 3. The van der Waals surface area contributed by atoms with Crippen LogP contribution in [0.3, 0.4) is 0 Å². The SMILES string of the molecule is CCC(C)(CCCCCCC(C)(CC)COC(=O)c1cccnc1)COC(=O)c1cccnc1. The quantitative estimate of drug-likeness (QED) is 0.215. The van der Waals surface area contributed by atoms with Crippen molar-refractivity contribution >= 4 is 11.9 Å². The van der Waals surface area contributed by atoms with Gasteiger partial charge in [-0.1, -0.05) is 53.4 Å². The first-order chi connectivity index (χ1) is 16.3. The van der Waals surface area contributed by atoms with Gasteiger partial charge < -0.3 is 9.47 Å². The monoisotopic (exact) mass is 468 g/mol. The van der Waals surface area contributed by atoms with Crippen molar-refractivity contribution in [2.45, 2.75) is 79.1 Å². The van der Waals surface area contributed by atoms with Crippen molar-refractivity contribution < 1.29 is 19.1 Å². The van der Waals surface area contributed by atoms with Crippen LogP contribution in [0.25, 0.3) is 0 Å². The summed E-state index contributed by atoms with van der Waals surface area (Å²) in [5.41, 5.74) is 0.948. The number of ether oxygens (including phenoxy) is 2. The topological polar surface area (TPSA) is 78.4 Å². The normalized spacial score (nSPS) is 14.6. The molecule has 6 nitrogen and oxygen atoms in total. The number of carbonyl (C=O) groups is 2. The second kappa shape index (κ2) is 13.8. The smallest absolute Gasteiger partial charge is 0.339 e. The molecule has 6 heteroatoms. The van der Waals surface area contributed by atoms with Gasteiger partial charge in [0.15, 0.2) is 0 Å². The van der Waals surface area contributed by atoms with E-state index in [-0.39, 0.29) is 22.8 Å². The first kappa shape index (κ1) is 27.5. The van der Waals surface area contributed by atoms with E-state index in [2.05, 4.69) is 37.7 Å². The molecule has 0 bridgehead atoms. The lowest BCUT2D eigenvalue weighted by Gasteiger charge is -2.28. The Morgan fingerprint density at radius 1 is 0.735 bits per heavy atom. The molecule has 2 aromatic heterocycles. The van der Waals surface area contributed by atoms with E-state index >= 15 is 0 Å². The molecule has 0 aliphatic carbocycles. The fourth-order valence-electron chi connectivity index (χ4n) is 3.77. The summed E-state index contributed by atoms with van der Waals surface area (Å²) >= 11 is 0.